The molecular formula is C21H23NO5S. The molecule has 0 bridgehead atoms. The van der Waals surface area contributed by atoms with Crippen LogP contribution in [0, 0.1) is 12.8 Å². The molecule has 1 amide bonds. The standard InChI is InChI=1S/C21H23NO5S/c1-11(2)18(23)16-17(20-12(3)8-9-28-20)22(21(25)19(16)24)13-6-7-14(26-4)15(10-13)27-5/h6-11,17,24H,1-5H3. The molecule has 28 heavy (non-hydrogen) atoms. The number of aliphatic hydroxyl groups excluding tert-OH is 1. The molecule has 1 aliphatic rings. The van der Waals surface area contributed by atoms with E-state index >= 15 is 0 Å². The van der Waals surface area contributed by atoms with Crippen LogP contribution in [0.4, 0.5) is 5.69 Å². The number of nitrogens with zero attached hydrogens (tertiary/aromatic N) is 1. The number of ketones is 1. The maximum atomic E-state index is 13.0. The van der Waals surface area contributed by atoms with Crippen LogP contribution in [0.5, 0.6) is 11.5 Å². The minimum absolute atomic E-state index is 0.139. The Hall–Kier alpha value is -2.80. The normalized spacial score (nSPS) is 16.9. The minimum Gasteiger partial charge on any atom is -0.503 e. The molecular weight excluding hydrogens is 378 g/mol. The lowest BCUT2D eigenvalue weighted by molar-refractivity contribution is -0.119. The van der Waals surface area contributed by atoms with Gasteiger partial charge < -0.3 is 14.6 Å². The Morgan fingerprint density at radius 1 is 1.18 bits per heavy atom. The summed E-state index contributed by atoms with van der Waals surface area (Å²) in [6, 6.07) is 6.33. The van der Waals surface area contributed by atoms with Gasteiger partial charge in [-0.15, -0.1) is 11.3 Å². The average molecular weight is 401 g/mol. The van der Waals surface area contributed by atoms with Crippen molar-refractivity contribution in [3.8, 4) is 11.5 Å². The van der Waals surface area contributed by atoms with Crippen LogP contribution < -0.4 is 14.4 Å². The van der Waals surface area contributed by atoms with Crippen LogP contribution in [0.1, 0.15) is 30.3 Å². The average Bonchev–Trinajstić information content (AvgIpc) is 3.21. The Morgan fingerprint density at radius 3 is 2.39 bits per heavy atom. The molecule has 2 aromatic rings. The summed E-state index contributed by atoms with van der Waals surface area (Å²) in [6.45, 7) is 5.44. The molecule has 0 saturated carbocycles. The summed E-state index contributed by atoms with van der Waals surface area (Å²) in [5.74, 6) is -0.708. The fourth-order valence-corrected chi connectivity index (χ4v) is 4.35. The first-order valence-corrected chi connectivity index (χ1v) is 9.76. The number of methoxy groups -OCH3 is 2. The van der Waals surface area contributed by atoms with Crippen molar-refractivity contribution in [2.24, 2.45) is 5.92 Å². The van der Waals surface area contributed by atoms with Gasteiger partial charge in [-0.25, -0.2) is 0 Å². The number of aliphatic hydroxyl groups is 1. The van der Waals surface area contributed by atoms with Gasteiger partial charge >= 0.3 is 0 Å². The van der Waals surface area contributed by atoms with E-state index in [1.54, 1.807) is 32.0 Å². The molecule has 3 rings (SSSR count). The van der Waals surface area contributed by atoms with E-state index in [-0.39, 0.29) is 17.3 Å². The zero-order valence-electron chi connectivity index (χ0n) is 16.5. The van der Waals surface area contributed by atoms with Gasteiger partial charge in [0.25, 0.3) is 5.91 Å². The second kappa shape index (κ2) is 7.67. The highest BCUT2D eigenvalue weighted by molar-refractivity contribution is 7.10. The molecule has 2 heterocycles. The van der Waals surface area contributed by atoms with Crippen molar-refractivity contribution in [2.75, 3.05) is 19.1 Å². The summed E-state index contributed by atoms with van der Waals surface area (Å²) < 4.78 is 10.6. The molecule has 1 atom stereocenters. The van der Waals surface area contributed by atoms with Crippen LogP contribution in [0.25, 0.3) is 0 Å². The van der Waals surface area contributed by atoms with Crippen molar-refractivity contribution in [3.05, 3.63) is 51.4 Å². The first-order valence-electron chi connectivity index (χ1n) is 8.88. The van der Waals surface area contributed by atoms with Crippen LogP contribution in [0.15, 0.2) is 41.0 Å². The lowest BCUT2D eigenvalue weighted by Gasteiger charge is -2.27. The third-order valence-electron chi connectivity index (χ3n) is 4.79. The van der Waals surface area contributed by atoms with Crippen LogP contribution in [-0.2, 0) is 9.59 Å². The number of hydrogen-bond acceptors (Lipinski definition) is 6. The number of thiophene rings is 1. The van der Waals surface area contributed by atoms with E-state index in [1.807, 2.05) is 18.4 Å². The largest absolute Gasteiger partial charge is 0.503 e. The van der Waals surface area contributed by atoms with Crippen LogP contribution >= 0.6 is 11.3 Å². The SMILES string of the molecule is COc1ccc(N2C(=O)C(O)=C(C(=O)C(C)C)C2c2sccc2C)cc1OC. The number of carbonyl (C=O) groups is 2. The second-order valence-corrected chi connectivity index (χ2v) is 7.81. The second-order valence-electron chi connectivity index (χ2n) is 6.87. The molecule has 1 aliphatic heterocycles. The molecule has 0 saturated heterocycles. The zero-order valence-corrected chi connectivity index (χ0v) is 17.3. The van der Waals surface area contributed by atoms with Crippen molar-refractivity contribution >= 4 is 28.7 Å². The molecule has 0 aliphatic carbocycles. The molecule has 0 radical (unpaired) electrons. The number of carbonyl (C=O) groups excluding carboxylic acids is 2. The smallest absolute Gasteiger partial charge is 0.294 e. The van der Waals surface area contributed by atoms with Gasteiger partial charge in [0.2, 0.25) is 0 Å². The predicted octanol–water partition coefficient (Wildman–Crippen LogP) is 4.20. The van der Waals surface area contributed by atoms with Crippen LogP contribution in [-0.4, -0.2) is 31.0 Å². The number of benzene rings is 1. The van der Waals surface area contributed by atoms with Gasteiger partial charge in [-0.1, -0.05) is 13.8 Å². The summed E-state index contributed by atoms with van der Waals surface area (Å²) in [4.78, 5) is 28.2. The molecule has 0 fully saturated rings. The fourth-order valence-electron chi connectivity index (χ4n) is 3.32. The van der Waals surface area contributed by atoms with E-state index in [9.17, 15) is 14.7 Å². The molecule has 1 unspecified atom stereocenters. The maximum absolute atomic E-state index is 13.0. The van der Waals surface area contributed by atoms with E-state index in [0.29, 0.717) is 17.2 Å². The van der Waals surface area contributed by atoms with E-state index in [2.05, 4.69) is 0 Å². The molecule has 0 spiro atoms. The van der Waals surface area contributed by atoms with Gasteiger partial charge in [0, 0.05) is 22.5 Å². The highest BCUT2D eigenvalue weighted by Crippen LogP contribution is 2.45. The van der Waals surface area contributed by atoms with Gasteiger partial charge in [-0.05, 0) is 36.1 Å². The molecule has 1 N–H and O–H groups in total. The Bertz CT molecular complexity index is 959. The lowest BCUT2D eigenvalue weighted by Crippen LogP contribution is -2.31. The third kappa shape index (κ3) is 3.16. The topological polar surface area (TPSA) is 76.1 Å². The summed E-state index contributed by atoms with van der Waals surface area (Å²) >= 11 is 1.45. The quantitative estimate of drug-likeness (QED) is 0.785. The predicted molar refractivity (Wildman–Crippen MR) is 108 cm³/mol. The number of ether oxygens (including phenoxy) is 2. The summed E-state index contributed by atoms with van der Waals surface area (Å²) in [7, 11) is 3.04. The van der Waals surface area contributed by atoms with Gasteiger partial charge in [0.15, 0.2) is 23.0 Å². The minimum atomic E-state index is -0.680. The van der Waals surface area contributed by atoms with Crippen molar-refractivity contribution in [1.29, 1.82) is 0 Å². The first kappa shape index (κ1) is 19.9. The lowest BCUT2D eigenvalue weighted by atomic mass is 9.93. The number of aryl methyl sites for hydroxylation is 1. The molecule has 148 valence electrons. The van der Waals surface area contributed by atoms with Crippen molar-refractivity contribution in [1.82, 2.24) is 0 Å². The Kier molecular flexibility index (Phi) is 5.47. The summed E-state index contributed by atoms with van der Waals surface area (Å²) in [5, 5.41) is 12.5. The number of anilines is 1. The zero-order chi connectivity index (χ0) is 20.6. The highest BCUT2D eigenvalue weighted by Gasteiger charge is 2.45. The van der Waals surface area contributed by atoms with Gasteiger partial charge in [-0.3, -0.25) is 14.5 Å². The van der Waals surface area contributed by atoms with E-state index in [4.69, 9.17) is 9.47 Å². The Labute approximate surface area is 168 Å². The van der Waals surface area contributed by atoms with Crippen molar-refractivity contribution in [2.45, 2.75) is 26.8 Å². The number of rotatable bonds is 6. The van der Waals surface area contributed by atoms with E-state index in [0.717, 1.165) is 10.4 Å². The Balaban J connectivity index is 2.19. The molecule has 6 nitrogen and oxygen atoms in total. The first-order chi connectivity index (χ1) is 13.3. The Morgan fingerprint density at radius 2 is 1.86 bits per heavy atom. The maximum Gasteiger partial charge on any atom is 0.294 e. The van der Waals surface area contributed by atoms with Crippen molar-refractivity contribution in [3.63, 3.8) is 0 Å². The monoisotopic (exact) mass is 401 g/mol. The number of hydrogen-bond donors (Lipinski definition) is 1. The van der Waals surface area contributed by atoms with Gasteiger partial charge in [-0.2, -0.15) is 0 Å². The highest BCUT2D eigenvalue weighted by atomic mass is 32.1. The third-order valence-corrected chi connectivity index (χ3v) is 5.86. The molecule has 1 aromatic heterocycles. The van der Waals surface area contributed by atoms with Gasteiger partial charge in [0.1, 0.15) is 6.04 Å². The van der Waals surface area contributed by atoms with E-state index < -0.39 is 17.7 Å². The van der Waals surface area contributed by atoms with E-state index in [1.165, 1.54) is 30.5 Å². The summed E-state index contributed by atoms with van der Waals surface area (Å²) in [6.07, 6.45) is 0. The number of amides is 1. The number of Topliss-reactive ketones (excluding diaryl/α,β-unsaturated/α-hetero) is 1. The van der Waals surface area contributed by atoms with Crippen LogP contribution in [0.2, 0.25) is 0 Å². The van der Waals surface area contributed by atoms with Crippen LogP contribution in [0.3, 0.4) is 0 Å². The van der Waals surface area contributed by atoms with Gasteiger partial charge in [0.05, 0.1) is 19.8 Å². The van der Waals surface area contributed by atoms with Crippen molar-refractivity contribution < 1.29 is 24.2 Å². The summed E-state index contributed by atoms with van der Waals surface area (Å²) in [5.41, 5.74) is 1.61. The molecule has 7 heteroatoms. The fraction of sp³-hybridized carbons (Fsp3) is 0.333. The molecule has 1 aromatic carbocycles.